The molecule has 1 aromatic carbocycles. The van der Waals surface area contributed by atoms with E-state index in [0.717, 1.165) is 19.3 Å². The molecule has 1 saturated heterocycles. The first-order chi connectivity index (χ1) is 13.4. The van der Waals surface area contributed by atoms with E-state index in [9.17, 15) is 14.7 Å². The molecule has 6 nitrogen and oxygen atoms in total. The molecule has 2 aliphatic heterocycles. The number of hydrogen-bond donors (Lipinski definition) is 2. The minimum Gasteiger partial charge on any atom is -0.467 e. The van der Waals surface area contributed by atoms with Crippen LogP contribution in [0.3, 0.4) is 0 Å². The van der Waals surface area contributed by atoms with E-state index in [0.29, 0.717) is 43.7 Å². The van der Waals surface area contributed by atoms with Gasteiger partial charge in [-0.2, -0.15) is 0 Å². The van der Waals surface area contributed by atoms with Crippen LogP contribution in [0.15, 0.2) is 24.3 Å². The second-order valence-corrected chi connectivity index (χ2v) is 9.35. The predicted molar refractivity (Wildman–Crippen MR) is 103 cm³/mol. The minimum atomic E-state index is -0.701. The molecule has 0 unspecified atom stereocenters. The smallest absolute Gasteiger partial charge is 0.258 e. The Morgan fingerprint density at radius 3 is 2.75 bits per heavy atom. The highest BCUT2D eigenvalue weighted by molar-refractivity contribution is 5.98. The fraction of sp³-hybridized carbons (Fsp3) is 0.636. The van der Waals surface area contributed by atoms with Crippen molar-refractivity contribution in [3.8, 4) is 5.75 Å². The Kier molecular flexibility index (Phi) is 3.99. The van der Waals surface area contributed by atoms with Gasteiger partial charge in [-0.15, -0.1) is 0 Å². The molecule has 2 heterocycles. The zero-order valence-corrected chi connectivity index (χ0v) is 16.3. The number of aliphatic hydroxyl groups excluding tert-OH is 1. The lowest BCUT2D eigenvalue weighted by molar-refractivity contribution is -0.175. The Labute approximate surface area is 165 Å². The van der Waals surface area contributed by atoms with Gasteiger partial charge in [-0.05, 0) is 49.7 Å². The van der Waals surface area contributed by atoms with E-state index in [4.69, 9.17) is 4.74 Å². The summed E-state index contributed by atoms with van der Waals surface area (Å²) in [5.41, 5.74) is -0.311. The molecule has 2 N–H and O–H groups in total. The molecule has 28 heavy (non-hydrogen) atoms. The SMILES string of the molecule is C[C@@]12CC[C@@H](C[C@H]1C(=O)N1CCC(O)CC1)[C@]1(C2)NC(=O)c2ccccc2O1. The molecule has 150 valence electrons. The zero-order valence-electron chi connectivity index (χ0n) is 16.3. The van der Waals surface area contributed by atoms with Gasteiger partial charge in [0, 0.05) is 31.3 Å². The summed E-state index contributed by atoms with van der Waals surface area (Å²) in [7, 11) is 0. The molecule has 3 aliphatic carbocycles. The number of carbonyl (C=O) groups excluding carboxylic acids is 2. The second-order valence-electron chi connectivity index (χ2n) is 9.35. The molecule has 6 heteroatoms. The fourth-order valence-corrected chi connectivity index (χ4v) is 5.94. The molecule has 0 aromatic heterocycles. The third kappa shape index (κ3) is 2.65. The van der Waals surface area contributed by atoms with Crippen LogP contribution < -0.4 is 10.1 Å². The first kappa shape index (κ1) is 18.0. The van der Waals surface area contributed by atoms with Crippen LogP contribution in [0.4, 0.5) is 0 Å². The zero-order chi connectivity index (χ0) is 19.5. The first-order valence-electron chi connectivity index (χ1n) is 10.5. The van der Waals surface area contributed by atoms with Crippen molar-refractivity contribution in [2.45, 2.75) is 57.3 Å². The molecule has 1 aromatic rings. The van der Waals surface area contributed by atoms with Crippen LogP contribution in [-0.2, 0) is 4.79 Å². The van der Waals surface area contributed by atoms with Crippen molar-refractivity contribution in [2.24, 2.45) is 17.3 Å². The molecule has 4 fully saturated rings. The number of ether oxygens (including phenoxy) is 1. The lowest BCUT2D eigenvalue weighted by Gasteiger charge is -2.60. The van der Waals surface area contributed by atoms with Crippen LogP contribution in [0, 0.1) is 17.3 Å². The average Bonchev–Trinajstić information content (AvgIpc) is 2.67. The van der Waals surface area contributed by atoms with Crippen molar-refractivity contribution in [1.82, 2.24) is 10.2 Å². The highest BCUT2D eigenvalue weighted by atomic mass is 16.5. The van der Waals surface area contributed by atoms with Crippen LogP contribution in [0.2, 0.25) is 0 Å². The van der Waals surface area contributed by atoms with Gasteiger partial charge in [0.2, 0.25) is 5.91 Å². The molecule has 2 amide bonds. The normalized spacial score (nSPS) is 37.4. The van der Waals surface area contributed by atoms with Gasteiger partial charge in [0.05, 0.1) is 11.7 Å². The summed E-state index contributed by atoms with van der Waals surface area (Å²) in [5.74, 6) is 0.887. The summed E-state index contributed by atoms with van der Waals surface area (Å²) in [6.45, 7) is 3.47. The summed E-state index contributed by atoms with van der Waals surface area (Å²) in [5, 5.41) is 12.9. The van der Waals surface area contributed by atoms with Crippen LogP contribution >= 0.6 is 0 Å². The number of amides is 2. The first-order valence-corrected chi connectivity index (χ1v) is 10.5. The van der Waals surface area contributed by atoms with Gasteiger partial charge >= 0.3 is 0 Å². The molecular formula is C22H28N2O4. The topological polar surface area (TPSA) is 78.9 Å². The number of likely N-dealkylation sites (tertiary alicyclic amines) is 1. The van der Waals surface area contributed by atoms with E-state index in [1.54, 1.807) is 6.07 Å². The number of fused-ring (bicyclic) bond motifs is 3. The van der Waals surface area contributed by atoms with Gasteiger partial charge < -0.3 is 20.1 Å². The van der Waals surface area contributed by atoms with Crippen molar-refractivity contribution in [3.05, 3.63) is 29.8 Å². The van der Waals surface area contributed by atoms with Crippen LogP contribution in [0.5, 0.6) is 5.75 Å². The van der Waals surface area contributed by atoms with Crippen LogP contribution in [0.25, 0.3) is 0 Å². The molecule has 6 rings (SSSR count). The van der Waals surface area contributed by atoms with Crippen molar-refractivity contribution < 1.29 is 19.4 Å². The third-order valence-electron chi connectivity index (χ3n) is 7.57. The predicted octanol–water partition coefficient (Wildman–Crippen LogP) is 2.31. The number of benzene rings is 1. The molecular weight excluding hydrogens is 356 g/mol. The number of aliphatic hydroxyl groups is 1. The summed E-state index contributed by atoms with van der Waals surface area (Å²) in [6, 6.07) is 7.39. The standard InChI is InChI=1S/C22H28N2O4/c1-21-9-6-14(12-17(21)20(27)24-10-7-15(25)8-11-24)22(13-21)23-19(26)16-4-2-3-5-18(16)28-22/h2-5,14-15,17,25H,6-13H2,1H3,(H,23,26)/t14-,17-,21-,22+/m0/s1. The Morgan fingerprint density at radius 2 is 2.00 bits per heavy atom. The van der Waals surface area contributed by atoms with E-state index in [2.05, 4.69) is 12.2 Å². The fourth-order valence-electron chi connectivity index (χ4n) is 5.94. The molecule has 4 atom stereocenters. The lowest BCUT2D eigenvalue weighted by Crippen LogP contribution is -2.69. The Morgan fingerprint density at radius 1 is 1.25 bits per heavy atom. The summed E-state index contributed by atoms with van der Waals surface area (Å²) in [4.78, 5) is 28.0. The van der Waals surface area contributed by atoms with Gasteiger partial charge in [0.25, 0.3) is 5.91 Å². The number of carbonyl (C=O) groups is 2. The summed E-state index contributed by atoms with van der Waals surface area (Å²) >= 11 is 0. The number of nitrogens with one attached hydrogen (secondary N) is 1. The molecule has 0 radical (unpaired) electrons. The van der Waals surface area contributed by atoms with Gasteiger partial charge in [0.1, 0.15) is 5.75 Å². The van der Waals surface area contributed by atoms with Gasteiger partial charge in [-0.25, -0.2) is 0 Å². The number of nitrogens with zero attached hydrogens (tertiary/aromatic N) is 1. The van der Waals surface area contributed by atoms with E-state index in [-0.39, 0.29) is 35.2 Å². The maximum atomic E-state index is 13.3. The van der Waals surface area contributed by atoms with Gasteiger partial charge in [-0.3, -0.25) is 9.59 Å². The van der Waals surface area contributed by atoms with E-state index < -0.39 is 5.72 Å². The Balaban J connectivity index is 1.40. The maximum Gasteiger partial charge on any atom is 0.258 e. The van der Waals surface area contributed by atoms with Crippen LogP contribution in [-0.4, -0.2) is 46.7 Å². The highest BCUT2D eigenvalue weighted by Gasteiger charge is 2.62. The number of hydrogen-bond acceptors (Lipinski definition) is 4. The van der Waals surface area contributed by atoms with Crippen molar-refractivity contribution in [1.29, 1.82) is 0 Å². The lowest BCUT2D eigenvalue weighted by atomic mass is 9.52. The molecule has 2 bridgehead atoms. The largest absolute Gasteiger partial charge is 0.467 e. The monoisotopic (exact) mass is 384 g/mol. The summed E-state index contributed by atoms with van der Waals surface area (Å²) in [6.07, 6.45) is 4.40. The molecule has 3 saturated carbocycles. The van der Waals surface area contributed by atoms with Crippen molar-refractivity contribution in [2.75, 3.05) is 13.1 Å². The number of para-hydroxylation sites is 1. The maximum absolute atomic E-state index is 13.3. The van der Waals surface area contributed by atoms with Crippen LogP contribution in [0.1, 0.15) is 55.8 Å². The van der Waals surface area contributed by atoms with Gasteiger partial charge in [-0.1, -0.05) is 19.1 Å². The summed E-state index contributed by atoms with van der Waals surface area (Å²) < 4.78 is 6.43. The van der Waals surface area contributed by atoms with Gasteiger partial charge in [0.15, 0.2) is 5.72 Å². The van der Waals surface area contributed by atoms with Crippen molar-refractivity contribution in [3.63, 3.8) is 0 Å². The average molecular weight is 384 g/mol. The second kappa shape index (κ2) is 6.21. The number of piperidine rings is 1. The Bertz CT molecular complexity index is 819. The van der Waals surface area contributed by atoms with Crippen molar-refractivity contribution >= 4 is 11.8 Å². The van der Waals surface area contributed by atoms with E-state index in [1.807, 2.05) is 23.1 Å². The van der Waals surface area contributed by atoms with E-state index in [1.165, 1.54) is 0 Å². The third-order valence-corrected chi connectivity index (χ3v) is 7.57. The van der Waals surface area contributed by atoms with E-state index >= 15 is 0 Å². The minimum absolute atomic E-state index is 0.0372. The molecule has 1 spiro atoms. The highest BCUT2D eigenvalue weighted by Crippen LogP contribution is 2.59. The Hall–Kier alpha value is -2.08. The number of rotatable bonds is 1. The quantitative estimate of drug-likeness (QED) is 0.779. The molecule has 5 aliphatic rings.